The molecular weight excluding hydrogens is 344 g/mol. The number of nitrogens with one attached hydrogen (secondary N) is 2. The fourth-order valence-corrected chi connectivity index (χ4v) is 3.77. The van der Waals surface area contributed by atoms with Crippen LogP contribution in [0.5, 0.6) is 0 Å². The molecule has 1 atom stereocenters. The number of carbonyl (C=O) groups is 3. The molecule has 2 aliphatic rings. The Balaban J connectivity index is 1.55. The number of amides is 3. The van der Waals surface area contributed by atoms with Gasteiger partial charge in [0.15, 0.2) is 0 Å². The third-order valence-corrected chi connectivity index (χ3v) is 5.14. The number of likely N-dealkylation sites (tertiary alicyclic amines) is 1. The van der Waals surface area contributed by atoms with Crippen molar-refractivity contribution in [1.82, 2.24) is 15.5 Å². The van der Waals surface area contributed by atoms with Gasteiger partial charge in [-0.2, -0.15) is 0 Å². The number of para-hydroxylation sites is 1. The van der Waals surface area contributed by atoms with Crippen LogP contribution in [0.15, 0.2) is 24.3 Å². The Morgan fingerprint density at radius 2 is 1.81 bits per heavy atom. The standard InChI is InChI=1S/C20H28N4O3/c1-2-11-24-16-9-5-4-8-15(16)17(20(24)27)22-19(26)18(25)21-10-14-23-12-6-3-7-13-23/h4-5,8-9,17H,2-3,6-7,10-14H2,1H3,(H,21,25)(H,22,26)/t17-/m1/s1. The van der Waals surface area contributed by atoms with Gasteiger partial charge in [0.25, 0.3) is 5.91 Å². The molecule has 0 aliphatic carbocycles. The Bertz CT molecular complexity index is 700. The number of hydrogen-bond acceptors (Lipinski definition) is 4. The summed E-state index contributed by atoms with van der Waals surface area (Å²) in [5, 5.41) is 5.27. The van der Waals surface area contributed by atoms with Gasteiger partial charge in [-0.25, -0.2) is 0 Å². The summed E-state index contributed by atoms with van der Waals surface area (Å²) >= 11 is 0. The monoisotopic (exact) mass is 372 g/mol. The lowest BCUT2D eigenvalue weighted by molar-refractivity contribution is -0.140. The number of hydrogen-bond donors (Lipinski definition) is 2. The van der Waals surface area contributed by atoms with E-state index in [0.29, 0.717) is 13.1 Å². The maximum atomic E-state index is 12.7. The molecule has 7 nitrogen and oxygen atoms in total. The van der Waals surface area contributed by atoms with E-state index in [4.69, 9.17) is 0 Å². The third kappa shape index (κ3) is 4.47. The Morgan fingerprint density at radius 1 is 1.07 bits per heavy atom. The fraction of sp³-hybridized carbons (Fsp3) is 0.550. The predicted molar refractivity (Wildman–Crippen MR) is 103 cm³/mol. The van der Waals surface area contributed by atoms with Crippen molar-refractivity contribution in [1.29, 1.82) is 0 Å². The Morgan fingerprint density at radius 3 is 2.56 bits per heavy atom. The SMILES string of the molecule is CCCN1C(=O)[C@H](NC(=O)C(=O)NCCN2CCCCC2)c2ccccc21. The highest BCUT2D eigenvalue weighted by molar-refractivity contribution is 6.35. The molecule has 1 aromatic rings. The molecule has 0 unspecified atom stereocenters. The van der Waals surface area contributed by atoms with Gasteiger partial charge in [-0.15, -0.1) is 0 Å². The third-order valence-electron chi connectivity index (χ3n) is 5.14. The van der Waals surface area contributed by atoms with Crippen molar-refractivity contribution in [3.63, 3.8) is 0 Å². The summed E-state index contributed by atoms with van der Waals surface area (Å²) in [5.41, 5.74) is 1.55. The zero-order valence-electron chi connectivity index (χ0n) is 15.9. The largest absolute Gasteiger partial charge is 0.347 e. The zero-order valence-corrected chi connectivity index (χ0v) is 15.9. The molecule has 3 amide bonds. The lowest BCUT2D eigenvalue weighted by atomic mass is 10.1. The van der Waals surface area contributed by atoms with Crippen LogP contribution < -0.4 is 15.5 Å². The molecule has 1 aromatic carbocycles. The number of anilines is 1. The number of carbonyl (C=O) groups excluding carboxylic acids is 3. The van der Waals surface area contributed by atoms with E-state index in [1.165, 1.54) is 19.3 Å². The van der Waals surface area contributed by atoms with Gasteiger partial charge in [0.05, 0.1) is 0 Å². The van der Waals surface area contributed by atoms with E-state index in [1.54, 1.807) is 4.90 Å². The van der Waals surface area contributed by atoms with Crippen LogP contribution in [0.3, 0.4) is 0 Å². The summed E-state index contributed by atoms with van der Waals surface area (Å²) in [5.74, 6) is -1.64. The van der Waals surface area contributed by atoms with Crippen molar-refractivity contribution in [2.75, 3.05) is 37.6 Å². The van der Waals surface area contributed by atoms with E-state index in [1.807, 2.05) is 31.2 Å². The molecule has 2 heterocycles. The van der Waals surface area contributed by atoms with Crippen molar-refractivity contribution in [2.24, 2.45) is 0 Å². The smallest absolute Gasteiger partial charge is 0.310 e. The highest BCUT2D eigenvalue weighted by Gasteiger charge is 2.38. The molecule has 7 heteroatoms. The molecule has 0 bridgehead atoms. The van der Waals surface area contributed by atoms with Crippen LogP contribution in [0.25, 0.3) is 0 Å². The van der Waals surface area contributed by atoms with Crippen molar-refractivity contribution in [3.8, 4) is 0 Å². The van der Waals surface area contributed by atoms with Gasteiger partial charge in [-0.1, -0.05) is 31.5 Å². The minimum atomic E-state index is -0.798. The van der Waals surface area contributed by atoms with Gasteiger partial charge in [0, 0.05) is 30.9 Å². The van der Waals surface area contributed by atoms with E-state index in [0.717, 1.165) is 37.3 Å². The maximum absolute atomic E-state index is 12.7. The molecule has 0 saturated carbocycles. The number of fused-ring (bicyclic) bond motifs is 1. The number of rotatable bonds is 6. The summed E-state index contributed by atoms with van der Waals surface area (Å²) in [6, 6.07) is 6.59. The molecule has 0 spiro atoms. The molecule has 0 aromatic heterocycles. The molecule has 146 valence electrons. The second-order valence-electron chi connectivity index (χ2n) is 7.11. The predicted octanol–water partition coefficient (Wildman–Crippen LogP) is 1.20. The van der Waals surface area contributed by atoms with Crippen molar-refractivity contribution < 1.29 is 14.4 Å². The first-order valence-electron chi connectivity index (χ1n) is 9.83. The normalized spacial score (nSPS) is 19.7. The van der Waals surface area contributed by atoms with Crippen LogP contribution in [0.1, 0.15) is 44.2 Å². The van der Waals surface area contributed by atoms with Gasteiger partial charge >= 0.3 is 11.8 Å². The van der Waals surface area contributed by atoms with Crippen LogP contribution in [-0.2, 0) is 14.4 Å². The minimum absolute atomic E-state index is 0.187. The molecule has 3 rings (SSSR count). The minimum Gasteiger partial charge on any atom is -0.347 e. The summed E-state index contributed by atoms with van der Waals surface area (Å²) in [4.78, 5) is 41.1. The van der Waals surface area contributed by atoms with Crippen molar-refractivity contribution in [2.45, 2.75) is 38.6 Å². The maximum Gasteiger partial charge on any atom is 0.310 e. The van der Waals surface area contributed by atoms with Gasteiger partial charge in [-0.05, 0) is 38.4 Å². The molecule has 1 fully saturated rings. The highest BCUT2D eigenvalue weighted by Crippen LogP contribution is 2.35. The van der Waals surface area contributed by atoms with Crippen LogP contribution in [-0.4, -0.2) is 55.3 Å². The van der Waals surface area contributed by atoms with E-state index in [9.17, 15) is 14.4 Å². The molecule has 2 N–H and O–H groups in total. The average molecular weight is 372 g/mol. The lowest BCUT2D eigenvalue weighted by Crippen LogP contribution is -2.46. The second-order valence-corrected chi connectivity index (χ2v) is 7.11. The molecule has 27 heavy (non-hydrogen) atoms. The van der Waals surface area contributed by atoms with Crippen molar-refractivity contribution >= 4 is 23.4 Å². The van der Waals surface area contributed by atoms with E-state index < -0.39 is 17.9 Å². The van der Waals surface area contributed by atoms with Gasteiger partial charge < -0.3 is 20.4 Å². The highest BCUT2D eigenvalue weighted by atomic mass is 16.2. The van der Waals surface area contributed by atoms with E-state index in [-0.39, 0.29) is 5.91 Å². The Hall–Kier alpha value is -2.41. The second kappa shape index (κ2) is 8.99. The Kier molecular flexibility index (Phi) is 6.45. The number of nitrogens with zero attached hydrogens (tertiary/aromatic N) is 2. The van der Waals surface area contributed by atoms with Crippen LogP contribution in [0.2, 0.25) is 0 Å². The van der Waals surface area contributed by atoms with E-state index in [2.05, 4.69) is 15.5 Å². The lowest BCUT2D eigenvalue weighted by Gasteiger charge is -2.26. The first-order chi connectivity index (χ1) is 13.1. The van der Waals surface area contributed by atoms with Gasteiger partial charge in [0.1, 0.15) is 6.04 Å². The summed E-state index contributed by atoms with van der Waals surface area (Å²) < 4.78 is 0. The number of piperidine rings is 1. The zero-order chi connectivity index (χ0) is 19.2. The fourth-order valence-electron chi connectivity index (χ4n) is 3.77. The average Bonchev–Trinajstić information content (AvgIpc) is 2.95. The van der Waals surface area contributed by atoms with Gasteiger partial charge in [-0.3, -0.25) is 14.4 Å². The van der Waals surface area contributed by atoms with Crippen molar-refractivity contribution in [3.05, 3.63) is 29.8 Å². The summed E-state index contributed by atoms with van der Waals surface area (Å²) in [7, 11) is 0. The van der Waals surface area contributed by atoms with E-state index >= 15 is 0 Å². The summed E-state index contributed by atoms with van der Waals surface area (Å²) in [6.07, 6.45) is 4.45. The molecule has 2 aliphatic heterocycles. The Labute approximate surface area is 160 Å². The first kappa shape index (κ1) is 19.4. The van der Waals surface area contributed by atoms with Crippen LogP contribution in [0, 0.1) is 0 Å². The van der Waals surface area contributed by atoms with Gasteiger partial charge in [0.2, 0.25) is 0 Å². The molecular formula is C20H28N4O3. The first-order valence-corrected chi connectivity index (χ1v) is 9.83. The summed E-state index contributed by atoms with van der Waals surface area (Å²) in [6.45, 7) is 5.85. The quantitative estimate of drug-likeness (QED) is 0.736. The molecule has 1 saturated heterocycles. The van der Waals surface area contributed by atoms with Crippen LogP contribution >= 0.6 is 0 Å². The topological polar surface area (TPSA) is 81.8 Å². The molecule has 0 radical (unpaired) electrons. The number of benzene rings is 1. The van der Waals surface area contributed by atoms with Crippen LogP contribution in [0.4, 0.5) is 5.69 Å².